The summed E-state index contributed by atoms with van der Waals surface area (Å²) < 4.78 is 11.6. The van der Waals surface area contributed by atoms with Crippen LogP contribution in [0.15, 0.2) is 16.6 Å². The highest BCUT2D eigenvalue weighted by atomic mass is 79.9. The average molecular weight is 483 g/mol. The van der Waals surface area contributed by atoms with E-state index in [4.69, 9.17) is 9.47 Å². The van der Waals surface area contributed by atoms with Crippen molar-refractivity contribution in [1.82, 2.24) is 0 Å². The summed E-state index contributed by atoms with van der Waals surface area (Å²) in [5, 5.41) is 0. The molecular weight excluding hydrogens is 444 g/mol. The summed E-state index contributed by atoms with van der Waals surface area (Å²) >= 11 is 3.45. The van der Waals surface area contributed by atoms with E-state index in [0.29, 0.717) is 25.0 Å². The van der Waals surface area contributed by atoms with Crippen LogP contribution in [-0.4, -0.2) is 25.2 Å². The van der Waals surface area contributed by atoms with Gasteiger partial charge >= 0.3 is 11.9 Å². The van der Waals surface area contributed by atoms with Crippen LogP contribution in [0.3, 0.4) is 0 Å². The minimum absolute atomic E-state index is 0.263. The third kappa shape index (κ3) is 10.6. The van der Waals surface area contributed by atoms with Crippen molar-refractivity contribution in [2.45, 2.75) is 86.0 Å². The quantitative estimate of drug-likeness (QED) is 0.203. The Morgan fingerprint density at radius 1 is 0.767 bits per heavy atom. The second-order valence-corrected chi connectivity index (χ2v) is 9.76. The Kier molecular flexibility index (Phi) is 13.0. The van der Waals surface area contributed by atoms with Gasteiger partial charge in [0.25, 0.3) is 0 Å². The molecule has 0 atom stereocenters. The molecule has 0 saturated carbocycles. The molecule has 0 heterocycles. The van der Waals surface area contributed by atoms with Gasteiger partial charge in [-0.05, 0) is 49.3 Å². The molecular formula is C25H39BrO4. The van der Waals surface area contributed by atoms with Crippen molar-refractivity contribution in [2.75, 3.05) is 13.2 Å². The van der Waals surface area contributed by atoms with Gasteiger partial charge in [0, 0.05) is 4.47 Å². The summed E-state index contributed by atoms with van der Waals surface area (Å²) in [4.78, 5) is 25.2. The van der Waals surface area contributed by atoms with Gasteiger partial charge in [-0.3, -0.25) is 0 Å². The molecule has 0 aliphatic carbocycles. The van der Waals surface area contributed by atoms with Crippen molar-refractivity contribution >= 4 is 27.9 Å². The molecule has 1 aromatic rings. The van der Waals surface area contributed by atoms with Crippen molar-refractivity contribution in [2.24, 2.45) is 11.8 Å². The van der Waals surface area contributed by atoms with Crippen LogP contribution in [0, 0.1) is 18.8 Å². The maximum atomic E-state index is 12.6. The number of rotatable bonds is 14. The first-order chi connectivity index (χ1) is 14.2. The molecule has 0 aromatic heterocycles. The number of halogens is 1. The zero-order chi connectivity index (χ0) is 22.5. The first kappa shape index (κ1) is 26.7. The minimum atomic E-state index is -0.469. The standard InChI is InChI=1S/C25H39BrO4/c1-18(2)12-8-6-10-14-29-24(27)21-16-20(5)23(26)17-22(21)25(28)30-15-11-7-9-13-19(3)4/h16-19H,6-15H2,1-5H3. The molecule has 170 valence electrons. The number of benzene rings is 1. The summed E-state index contributed by atoms with van der Waals surface area (Å²) in [7, 11) is 0. The third-order valence-electron chi connectivity index (χ3n) is 5.06. The SMILES string of the molecule is Cc1cc(C(=O)OCCCCCC(C)C)c(C(=O)OCCCCCC(C)C)cc1Br. The number of carbonyl (C=O) groups is 2. The number of hydrogen-bond donors (Lipinski definition) is 0. The third-order valence-corrected chi connectivity index (χ3v) is 5.91. The Hall–Kier alpha value is -1.36. The zero-order valence-corrected chi connectivity index (χ0v) is 21.0. The van der Waals surface area contributed by atoms with E-state index in [-0.39, 0.29) is 11.1 Å². The first-order valence-electron chi connectivity index (χ1n) is 11.4. The Labute approximate surface area is 191 Å². The minimum Gasteiger partial charge on any atom is -0.462 e. The molecule has 0 saturated heterocycles. The number of ether oxygens (including phenoxy) is 2. The molecule has 30 heavy (non-hydrogen) atoms. The van der Waals surface area contributed by atoms with Gasteiger partial charge in [0.2, 0.25) is 0 Å². The van der Waals surface area contributed by atoms with Crippen molar-refractivity contribution in [3.8, 4) is 0 Å². The number of hydrogen-bond acceptors (Lipinski definition) is 4. The molecule has 4 nitrogen and oxygen atoms in total. The molecule has 0 amide bonds. The van der Waals surface area contributed by atoms with E-state index >= 15 is 0 Å². The lowest BCUT2D eigenvalue weighted by atomic mass is 10.0. The molecule has 0 fully saturated rings. The molecule has 0 aliphatic rings. The second-order valence-electron chi connectivity index (χ2n) is 8.91. The smallest absolute Gasteiger partial charge is 0.339 e. The van der Waals surface area contributed by atoms with Crippen LogP contribution < -0.4 is 0 Å². The van der Waals surface area contributed by atoms with Gasteiger partial charge < -0.3 is 9.47 Å². The van der Waals surface area contributed by atoms with E-state index in [1.54, 1.807) is 12.1 Å². The van der Waals surface area contributed by atoms with Crippen LogP contribution >= 0.6 is 15.9 Å². The summed E-state index contributed by atoms with van der Waals surface area (Å²) in [6.07, 6.45) is 8.40. The summed E-state index contributed by atoms with van der Waals surface area (Å²) in [6.45, 7) is 11.5. The van der Waals surface area contributed by atoms with Crippen LogP contribution in [0.1, 0.15) is 105 Å². The molecule has 0 unspecified atom stereocenters. The van der Waals surface area contributed by atoms with Gasteiger partial charge in [0.05, 0.1) is 24.3 Å². The van der Waals surface area contributed by atoms with E-state index in [1.165, 1.54) is 12.8 Å². The topological polar surface area (TPSA) is 52.6 Å². The van der Waals surface area contributed by atoms with Crippen LogP contribution in [0.4, 0.5) is 0 Å². The highest BCUT2D eigenvalue weighted by Gasteiger charge is 2.21. The van der Waals surface area contributed by atoms with Crippen molar-refractivity contribution in [3.05, 3.63) is 33.3 Å². The number of aryl methyl sites for hydroxylation is 1. The van der Waals surface area contributed by atoms with E-state index in [9.17, 15) is 9.59 Å². The second kappa shape index (κ2) is 14.6. The fraction of sp³-hybridized carbons (Fsp3) is 0.680. The predicted molar refractivity (Wildman–Crippen MR) is 126 cm³/mol. The molecule has 0 aliphatic heterocycles. The molecule has 0 spiro atoms. The molecule has 1 aromatic carbocycles. The van der Waals surface area contributed by atoms with Crippen molar-refractivity contribution < 1.29 is 19.1 Å². The van der Waals surface area contributed by atoms with Crippen LogP contribution in [0.25, 0.3) is 0 Å². The van der Waals surface area contributed by atoms with E-state index < -0.39 is 11.9 Å². The summed E-state index contributed by atoms with van der Waals surface area (Å²) in [5.41, 5.74) is 1.42. The fourth-order valence-corrected chi connectivity index (χ4v) is 3.51. The Morgan fingerprint density at radius 2 is 1.20 bits per heavy atom. The lowest BCUT2D eigenvalue weighted by Gasteiger charge is -2.12. The van der Waals surface area contributed by atoms with Crippen LogP contribution in [-0.2, 0) is 9.47 Å². The van der Waals surface area contributed by atoms with Crippen LogP contribution in [0.2, 0.25) is 0 Å². The van der Waals surface area contributed by atoms with Crippen LogP contribution in [0.5, 0.6) is 0 Å². The highest BCUT2D eigenvalue weighted by molar-refractivity contribution is 9.10. The molecule has 0 bridgehead atoms. The lowest BCUT2D eigenvalue weighted by molar-refractivity contribution is 0.0450. The fourth-order valence-electron chi connectivity index (χ4n) is 3.17. The first-order valence-corrected chi connectivity index (χ1v) is 12.2. The summed E-state index contributed by atoms with van der Waals surface area (Å²) in [5.74, 6) is 0.463. The Morgan fingerprint density at radius 3 is 1.63 bits per heavy atom. The largest absolute Gasteiger partial charge is 0.462 e. The monoisotopic (exact) mass is 482 g/mol. The van der Waals surface area contributed by atoms with Gasteiger partial charge in [-0.1, -0.05) is 82.1 Å². The summed E-state index contributed by atoms with van der Waals surface area (Å²) in [6, 6.07) is 3.36. The molecule has 0 radical (unpaired) electrons. The van der Waals surface area contributed by atoms with Gasteiger partial charge in [0.15, 0.2) is 0 Å². The van der Waals surface area contributed by atoms with Crippen molar-refractivity contribution in [3.63, 3.8) is 0 Å². The van der Waals surface area contributed by atoms with Gasteiger partial charge in [-0.2, -0.15) is 0 Å². The van der Waals surface area contributed by atoms with Crippen molar-refractivity contribution in [1.29, 1.82) is 0 Å². The lowest BCUT2D eigenvalue weighted by Crippen LogP contribution is -2.15. The van der Waals surface area contributed by atoms with E-state index in [0.717, 1.165) is 48.6 Å². The maximum absolute atomic E-state index is 12.6. The molecule has 1 rings (SSSR count). The van der Waals surface area contributed by atoms with Gasteiger partial charge in [0.1, 0.15) is 0 Å². The Balaban J connectivity index is 2.59. The zero-order valence-electron chi connectivity index (χ0n) is 19.4. The van der Waals surface area contributed by atoms with E-state index in [2.05, 4.69) is 43.6 Å². The molecule has 5 heteroatoms. The maximum Gasteiger partial charge on any atom is 0.339 e. The van der Waals surface area contributed by atoms with E-state index in [1.807, 2.05) is 6.92 Å². The number of esters is 2. The van der Waals surface area contributed by atoms with Gasteiger partial charge in [-0.15, -0.1) is 0 Å². The average Bonchev–Trinajstić information content (AvgIpc) is 2.68. The predicted octanol–water partition coefficient (Wildman–Crippen LogP) is 7.50. The molecule has 0 N–H and O–H groups in total. The Bertz CT molecular complexity index is 610. The highest BCUT2D eigenvalue weighted by Crippen LogP contribution is 2.23. The number of unbranched alkanes of at least 4 members (excludes halogenated alkanes) is 4. The normalized spacial score (nSPS) is 11.2. The van der Waals surface area contributed by atoms with Gasteiger partial charge in [-0.25, -0.2) is 9.59 Å². The number of carbonyl (C=O) groups excluding carboxylic acids is 2.